The zero-order valence-electron chi connectivity index (χ0n) is 10.4. The van der Waals surface area contributed by atoms with Gasteiger partial charge >= 0.3 is 0 Å². The van der Waals surface area contributed by atoms with Crippen LogP contribution in [0.4, 0.5) is 0 Å². The molecule has 0 saturated heterocycles. The maximum atomic E-state index is 4.12. The lowest BCUT2D eigenvalue weighted by molar-refractivity contribution is 0.355. The van der Waals surface area contributed by atoms with Crippen molar-refractivity contribution in [3.63, 3.8) is 0 Å². The first-order chi connectivity index (χ1) is 6.90. The predicted octanol–water partition coefficient (Wildman–Crippen LogP) is 4.78. The van der Waals surface area contributed by atoms with Gasteiger partial charge in [-0.15, -0.1) is 0 Å². The van der Waals surface area contributed by atoms with Gasteiger partial charge in [0, 0.05) is 5.92 Å². The summed E-state index contributed by atoms with van der Waals surface area (Å²) in [7, 11) is 0. The molecule has 1 rings (SSSR count). The van der Waals surface area contributed by atoms with E-state index in [2.05, 4.69) is 64.6 Å². The van der Waals surface area contributed by atoms with E-state index in [1.54, 1.807) is 0 Å². The van der Waals surface area contributed by atoms with Gasteiger partial charge in [0.25, 0.3) is 0 Å². The van der Waals surface area contributed by atoms with E-state index in [9.17, 15) is 0 Å². The van der Waals surface area contributed by atoms with Crippen molar-refractivity contribution >= 4 is 0 Å². The largest absolute Gasteiger partial charge is 0.0995 e. The summed E-state index contributed by atoms with van der Waals surface area (Å²) in [5.74, 6) is 0.492. The Morgan fingerprint density at radius 3 is 2.13 bits per heavy atom. The Kier molecular flexibility index (Phi) is 3.73. The third-order valence-electron chi connectivity index (χ3n) is 2.61. The van der Waals surface area contributed by atoms with E-state index in [4.69, 9.17) is 0 Å². The maximum absolute atomic E-state index is 4.12. The molecular formula is C15H22. The van der Waals surface area contributed by atoms with E-state index >= 15 is 0 Å². The quantitative estimate of drug-likeness (QED) is 0.619. The summed E-state index contributed by atoms with van der Waals surface area (Å²) in [4.78, 5) is 0. The molecule has 0 spiro atoms. The van der Waals surface area contributed by atoms with E-state index in [1.165, 1.54) is 11.1 Å². The van der Waals surface area contributed by atoms with Crippen molar-refractivity contribution in [3.05, 3.63) is 48.0 Å². The van der Waals surface area contributed by atoms with Crippen LogP contribution in [-0.2, 0) is 0 Å². The van der Waals surface area contributed by atoms with Crippen LogP contribution in [0.1, 0.15) is 45.6 Å². The van der Waals surface area contributed by atoms with Gasteiger partial charge in [0.1, 0.15) is 0 Å². The molecule has 1 aromatic rings. The average molecular weight is 202 g/mol. The third kappa shape index (κ3) is 3.91. The summed E-state index contributed by atoms with van der Waals surface area (Å²) in [6, 6.07) is 10.7. The Morgan fingerprint density at radius 1 is 1.20 bits per heavy atom. The van der Waals surface area contributed by atoms with Crippen molar-refractivity contribution in [1.82, 2.24) is 0 Å². The van der Waals surface area contributed by atoms with Crippen LogP contribution in [0.15, 0.2) is 42.5 Å². The molecule has 0 radical (unpaired) electrons. The molecule has 82 valence electrons. The Labute approximate surface area is 94.0 Å². The van der Waals surface area contributed by atoms with Crippen molar-refractivity contribution in [3.8, 4) is 0 Å². The molecule has 0 N–H and O–H groups in total. The molecule has 1 unspecified atom stereocenters. The van der Waals surface area contributed by atoms with E-state index in [-0.39, 0.29) is 0 Å². The highest BCUT2D eigenvalue weighted by atomic mass is 14.2. The van der Waals surface area contributed by atoms with Crippen molar-refractivity contribution in [2.24, 2.45) is 5.41 Å². The molecule has 1 atom stereocenters. The molecule has 0 aromatic heterocycles. The zero-order valence-corrected chi connectivity index (χ0v) is 10.4. The standard InChI is InChI=1S/C15H22/c1-12(2)14(11-15(3,4)5)13-9-7-6-8-10-13/h6-10,14H,1,11H2,2-5H3. The van der Waals surface area contributed by atoms with Crippen LogP contribution in [0.5, 0.6) is 0 Å². The molecule has 0 amide bonds. The topological polar surface area (TPSA) is 0 Å². The van der Waals surface area contributed by atoms with Crippen LogP contribution in [0.2, 0.25) is 0 Å². The number of hydrogen-bond acceptors (Lipinski definition) is 0. The van der Waals surface area contributed by atoms with E-state index in [0.717, 1.165) is 6.42 Å². The van der Waals surface area contributed by atoms with Gasteiger partial charge in [-0.3, -0.25) is 0 Å². The number of rotatable bonds is 3. The molecule has 0 bridgehead atoms. The summed E-state index contributed by atoms with van der Waals surface area (Å²) in [5.41, 5.74) is 3.00. The lowest BCUT2D eigenvalue weighted by Gasteiger charge is -2.26. The second-order valence-electron chi connectivity index (χ2n) is 5.57. The number of allylic oxidation sites excluding steroid dienone is 1. The molecule has 0 saturated carbocycles. The minimum absolute atomic E-state index is 0.347. The summed E-state index contributed by atoms with van der Waals surface area (Å²) < 4.78 is 0. The summed E-state index contributed by atoms with van der Waals surface area (Å²) in [6.45, 7) is 13.1. The first kappa shape index (κ1) is 12.0. The summed E-state index contributed by atoms with van der Waals surface area (Å²) in [5, 5.41) is 0. The van der Waals surface area contributed by atoms with Gasteiger partial charge in [-0.25, -0.2) is 0 Å². The van der Waals surface area contributed by atoms with Crippen LogP contribution in [0, 0.1) is 5.41 Å². The van der Waals surface area contributed by atoms with Gasteiger partial charge in [-0.1, -0.05) is 63.3 Å². The van der Waals surface area contributed by atoms with Crippen LogP contribution in [0.3, 0.4) is 0 Å². The minimum Gasteiger partial charge on any atom is -0.0995 e. The molecular weight excluding hydrogens is 180 g/mol. The molecule has 0 aliphatic rings. The van der Waals surface area contributed by atoms with Crippen LogP contribution >= 0.6 is 0 Å². The normalized spacial score (nSPS) is 13.6. The smallest absolute Gasteiger partial charge is 0.00476 e. The SMILES string of the molecule is C=C(C)C(CC(C)(C)C)c1ccccc1. The first-order valence-corrected chi connectivity index (χ1v) is 5.60. The highest BCUT2D eigenvalue weighted by Gasteiger charge is 2.20. The van der Waals surface area contributed by atoms with Crippen molar-refractivity contribution < 1.29 is 0 Å². The van der Waals surface area contributed by atoms with Crippen molar-refractivity contribution in [1.29, 1.82) is 0 Å². The maximum Gasteiger partial charge on any atom is 0.00476 e. The van der Waals surface area contributed by atoms with Gasteiger partial charge in [0.15, 0.2) is 0 Å². The number of benzene rings is 1. The fourth-order valence-electron chi connectivity index (χ4n) is 1.87. The predicted molar refractivity (Wildman–Crippen MR) is 68.1 cm³/mol. The second-order valence-corrected chi connectivity index (χ2v) is 5.57. The van der Waals surface area contributed by atoms with Gasteiger partial charge in [-0.2, -0.15) is 0 Å². The van der Waals surface area contributed by atoms with Crippen LogP contribution in [0.25, 0.3) is 0 Å². The molecule has 0 heteroatoms. The summed E-state index contributed by atoms with van der Waals surface area (Å²) in [6.07, 6.45) is 1.16. The fourth-order valence-corrected chi connectivity index (χ4v) is 1.87. The molecule has 0 aliphatic heterocycles. The summed E-state index contributed by atoms with van der Waals surface area (Å²) >= 11 is 0. The zero-order chi connectivity index (χ0) is 11.5. The van der Waals surface area contributed by atoms with Gasteiger partial charge in [0.05, 0.1) is 0 Å². The second kappa shape index (κ2) is 4.65. The Hall–Kier alpha value is -1.04. The van der Waals surface area contributed by atoms with Gasteiger partial charge in [0.2, 0.25) is 0 Å². The van der Waals surface area contributed by atoms with E-state index in [1.807, 2.05) is 0 Å². The van der Waals surface area contributed by atoms with E-state index < -0.39 is 0 Å². The molecule has 0 nitrogen and oxygen atoms in total. The lowest BCUT2D eigenvalue weighted by atomic mass is 9.78. The van der Waals surface area contributed by atoms with E-state index in [0.29, 0.717) is 11.3 Å². The highest BCUT2D eigenvalue weighted by Crippen LogP contribution is 2.35. The Bertz CT molecular complexity index is 314. The van der Waals surface area contributed by atoms with Gasteiger partial charge in [-0.05, 0) is 24.3 Å². The third-order valence-corrected chi connectivity index (χ3v) is 2.61. The average Bonchev–Trinajstić information content (AvgIpc) is 2.14. The molecule has 0 fully saturated rings. The van der Waals surface area contributed by atoms with Crippen molar-refractivity contribution in [2.45, 2.75) is 40.0 Å². The van der Waals surface area contributed by atoms with Crippen LogP contribution in [-0.4, -0.2) is 0 Å². The monoisotopic (exact) mass is 202 g/mol. The fraction of sp³-hybridized carbons (Fsp3) is 0.467. The van der Waals surface area contributed by atoms with Gasteiger partial charge < -0.3 is 0 Å². The van der Waals surface area contributed by atoms with Crippen molar-refractivity contribution in [2.75, 3.05) is 0 Å². The highest BCUT2D eigenvalue weighted by molar-refractivity contribution is 5.27. The molecule has 15 heavy (non-hydrogen) atoms. The molecule has 0 aliphatic carbocycles. The Morgan fingerprint density at radius 2 is 1.73 bits per heavy atom. The molecule has 0 heterocycles. The minimum atomic E-state index is 0.347. The number of hydrogen-bond donors (Lipinski definition) is 0. The van der Waals surface area contributed by atoms with Crippen LogP contribution < -0.4 is 0 Å². The lowest BCUT2D eigenvalue weighted by Crippen LogP contribution is -2.12. The first-order valence-electron chi connectivity index (χ1n) is 5.60. The molecule has 1 aromatic carbocycles. The Balaban J connectivity index is 2.90.